The summed E-state index contributed by atoms with van der Waals surface area (Å²) in [5.41, 5.74) is 0.570. The van der Waals surface area contributed by atoms with E-state index in [1.54, 1.807) is 6.92 Å². The van der Waals surface area contributed by atoms with Crippen molar-refractivity contribution >= 4 is 23.6 Å². The van der Waals surface area contributed by atoms with Crippen molar-refractivity contribution in [3.63, 3.8) is 0 Å². The van der Waals surface area contributed by atoms with Crippen LogP contribution in [0.3, 0.4) is 0 Å². The van der Waals surface area contributed by atoms with Crippen LogP contribution < -0.4 is 0 Å². The normalized spacial score (nSPS) is 27.4. The fourth-order valence-corrected chi connectivity index (χ4v) is 3.07. The molecule has 1 saturated heterocycles. The average molecular weight is 211 g/mol. The van der Waals surface area contributed by atoms with Crippen LogP contribution in [0, 0.1) is 5.92 Å². The lowest BCUT2D eigenvalue weighted by atomic mass is 10.1. The van der Waals surface area contributed by atoms with Gasteiger partial charge in [0.1, 0.15) is 0 Å². The Morgan fingerprint density at radius 3 is 2.86 bits per heavy atom. The highest BCUT2D eigenvalue weighted by Gasteiger charge is 2.31. The van der Waals surface area contributed by atoms with E-state index in [2.05, 4.69) is 0 Å². The molecular weight excluding hydrogens is 198 g/mol. The number of hydrogen-bond donors (Lipinski definition) is 0. The quantitative estimate of drug-likeness (QED) is 0.641. The van der Waals surface area contributed by atoms with E-state index >= 15 is 0 Å². The van der Waals surface area contributed by atoms with Gasteiger partial charge in [-0.1, -0.05) is 0 Å². The first-order valence-corrected chi connectivity index (χ1v) is 5.96. The van der Waals surface area contributed by atoms with Crippen molar-refractivity contribution in [3.8, 4) is 0 Å². The molecule has 2 amide bonds. The van der Waals surface area contributed by atoms with Gasteiger partial charge in [-0.3, -0.25) is 14.5 Å². The van der Waals surface area contributed by atoms with Crippen LogP contribution in [-0.4, -0.2) is 34.8 Å². The van der Waals surface area contributed by atoms with Crippen molar-refractivity contribution in [3.05, 3.63) is 11.6 Å². The smallest absolute Gasteiger partial charge is 0.256 e. The Morgan fingerprint density at radius 2 is 2.36 bits per heavy atom. The van der Waals surface area contributed by atoms with Crippen molar-refractivity contribution in [2.45, 2.75) is 13.3 Å². The molecule has 1 fully saturated rings. The molecule has 14 heavy (non-hydrogen) atoms. The molecule has 4 heteroatoms. The molecule has 0 spiro atoms. The first kappa shape index (κ1) is 9.77. The van der Waals surface area contributed by atoms with Gasteiger partial charge in [-0.25, -0.2) is 0 Å². The molecule has 0 bridgehead atoms. The van der Waals surface area contributed by atoms with Crippen LogP contribution in [0.1, 0.15) is 13.3 Å². The van der Waals surface area contributed by atoms with E-state index < -0.39 is 0 Å². The summed E-state index contributed by atoms with van der Waals surface area (Å²) in [6.45, 7) is 2.31. The second-order valence-electron chi connectivity index (χ2n) is 3.81. The molecule has 0 saturated carbocycles. The Balaban J connectivity index is 1.99. The third kappa shape index (κ3) is 1.71. The van der Waals surface area contributed by atoms with Crippen LogP contribution in [0.5, 0.6) is 0 Å². The lowest BCUT2D eigenvalue weighted by Gasteiger charge is -2.18. The van der Waals surface area contributed by atoms with Crippen molar-refractivity contribution in [2.24, 2.45) is 5.92 Å². The van der Waals surface area contributed by atoms with E-state index in [1.807, 2.05) is 11.8 Å². The Bertz CT molecular complexity index is 305. The van der Waals surface area contributed by atoms with E-state index in [0.29, 0.717) is 18.0 Å². The SMILES string of the molecule is CC1=CC(=O)N(CC2CCSC2)C1=O. The van der Waals surface area contributed by atoms with Gasteiger partial charge < -0.3 is 0 Å². The van der Waals surface area contributed by atoms with Crippen molar-refractivity contribution < 1.29 is 9.59 Å². The number of hydrogen-bond acceptors (Lipinski definition) is 3. The molecule has 76 valence electrons. The van der Waals surface area contributed by atoms with Crippen LogP contribution >= 0.6 is 11.8 Å². The van der Waals surface area contributed by atoms with Crippen LogP contribution in [0.15, 0.2) is 11.6 Å². The summed E-state index contributed by atoms with van der Waals surface area (Å²) < 4.78 is 0. The zero-order valence-corrected chi connectivity index (χ0v) is 8.97. The second-order valence-corrected chi connectivity index (χ2v) is 4.96. The first-order valence-electron chi connectivity index (χ1n) is 4.80. The zero-order valence-electron chi connectivity index (χ0n) is 8.16. The number of amides is 2. The largest absolute Gasteiger partial charge is 0.275 e. The minimum absolute atomic E-state index is 0.105. The van der Waals surface area contributed by atoms with Crippen molar-refractivity contribution in [1.29, 1.82) is 0 Å². The van der Waals surface area contributed by atoms with E-state index in [9.17, 15) is 9.59 Å². The molecule has 0 aromatic rings. The Morgan fingerprint density at radius 1 is 1.57 bits per heavy atom. The van der Waals surface area contributed by atoms with Gasteiger partial charge in [0.2, 0.25) is 0 Å². The van der Waals surface area contributed by atoms with Gasteiger partial charge in [0.15, 0.2) is 0 Å². The summed E-state index contributed by atoms with van der Waals surface area (Å²) in [6.07, 6.45) is 2.56. The first-order chi connectivity index (χ1) is 6.68. The van der Waals surface area contributed by atoms with Crippen LogP contribution in [0.4, 0.5) is 0 Å². The molecule has 1 atom stereocenters. The highest BCUT2D eigenvalue weighted by Crippen LogP contribution is 2.25. The summed E-state index contributed by atoms with van der Waals surface area (Å²) in [5.74, 6) is 2.51. The zero-order chi connectivity index (χ0) is 10.1. The Labute approximate surface area is 87.5 Å². The molecule has 0 radical (unpaired) electrons. The van der Waals surface area contributed by atoms with Gasteiger partial charge in [0, 0.05) is 18.2 Å². The molecule has 2 aliphatic heterocycles. The predicted molar refractivity (Wildman–Crippen MR) is 55.9 cm³/mol. The van der Waals surface area contributed by atoms with Crippen LogP contribution in [0.2, 0.25) is 0 Å². The maximum absolute atomic E-state index is 11.5. The molecule has 2 heterocycles. The third-order valence-corrected chi connectivity index (χ3v) is 3.88. The molecule has 0 aliphatic carbocycles. The lowest BCUT2D eigenvalue weighted by Crippen LogP contribution is -2.35. The molecule has 3 nitrogen and oxygen atoms in total. The van der Waals surface area contributed by atoms with Crippen LogP contribution in [0.25, 0.3) is 0 Å². The van der Waals surface area contributed by atoms with Gasteiger partial charge in [0.05, 0.1) is 0 Å². The summed E-state index contributed by atoms with van der Waals surface area (Å²) in [5, 5.41) is 0. The molecule has 1 unspecified atom stereocenters. The summed E-state index contributed by atoms with van der Waals surface area (Å²) in [6, 6.07) is 0. The summed E-state index contributed by atoms with van der Waals surface area (Å²) >= 11 is 1.90. The number of rotatable bonds is 2. The molecule has 0 aromatic carbocycles. The standard InChI is InChI=1S/C10H13NO2S/c1-7-4-9(12)11(10(7)13)5-8-2-3-14-6-8/h4,8H,2-3,5-6H2,1H3. The maximum atomic E-state index is 11.5. The molecular formula is C10H13NO2S. The van der Waals surface area contributed by atoms with Gasteiger partial charge >= 0.3 is 0 Å². The van der Waals surface area contributed by atoms with Gasteiger partial charge in [-0.15, -0.1) is 0 Å². The summed E-state index contributed by atoms with van der Waals surface area (Å²) in [4.78, 5) is 24.3. The average Bonchev–Trinajstić information content (AvgIpc) is 2.71. The van der Waals surface area contributed by atoms with E-state index in [4.69, 9.17) is 0 Å². The third-order valence-electron chi connectivity index (χ3n) is 2.65. The molecule has 2 aliphatic rings. The van der Waals surface area contributed by atoms with Crippen LogP contribution in [-0.2, 0) is 9.59 Å². The van der Waals surface area contributed by atoms with Crippen molar-refractivity contribution in [1.82, 2.24) is 4.90 Å². The minimum Gasteiger partial charge on any atom is -0.275 e. The second kappa shape index (κ2) is 3.77. The van der Waals surface area contributed by atoms with E-state index in [-0.39, 0.29) is 11.8 Å². The fourth-order valence-electron chi connectivity index (χ4n) is 1.80. The maximum Gasteiger partial charge on any atom is 0.256 e. The minimum atomic E-state index is -0.135. The van der Waals surface area contributed by atoms with Gasteiger partial charge in [-0.05, 0) is 30.8 Å². The molecule has 0 aromatic heterocycles. The highest BCUT2D eigenvalue weighted by atomic mass is 32.2. The summed E-state index contributed by atoms with van der Waals surface area (Å²) in [7, 11) is 0. The van der Waals surface area contributed by atoms with E-state index in [0.717, 1.165) is 17.9 Å². The van der Waals surface area contributed by atoms with Crippen molar-refractivity contribution in [2.75, 3.05) is 18.1 Å². The highest BCUT2D eigenvalue weighted by molar-refractivity contribution is 7.99. The Hall–Kier alpha value is -0.770. The monoisotopic (exact) mass is 211 g/mol. The lowest BCUT2D eigenvalue weighted by molar-refractivity contribution is -0.137. The predicted octanol–water partition coefficient (Wildman–Crippen LogP) is 1.05. The molecule has 0 N–H and O–H groups in total. The van der Waals surface area contributed by atoms with Gasteiger partial charge in [-0.2, -0.15) is 11.8 Å². The topological polar surface area (TPSA) is 37.4 Å². The Kier molecular flexibility index (Phi) is 2.63. The molecule has 2 rings (SSSR count). The number of imide groups is 1. The van der Waals surface area contributed by atoms with Gasteiger partial charge in [0.25, 0.3) is 11.8 Å². The fraction of sp³-hybridized carbons (Fsp3) is 0.600. The number of nitrogens with zero attached hydrogens (tertiary/aromatic N) is 1. The van der Waals surface area contributed by atoms with E-state index in [1.165, 1.54) is 11.0 Å². The number of carbonyl (C=O) groups excluding carboxylic acids is 2. The number of thioether (sulfide) groups is 1. The number of carbonyl (C=O) groups is 2.